The monoisotopic (exact) mass is 473 g/mol. The predicted octanol–water partition coefficient (Wildman–Crippen LogP) is 5.41. The van der Waals surface area contributed by atoms with Gasteiger partial charge in [-0.1, -0.05) is 70.5 Å². The van der Waals surface area contributed by atoms with Crippen LogP contribution in [-0.2, 0) is 17.8 Å². The van der Waals surface area contributed by atoms with Gasteiger partial charge in [-0.2, -0.15) is 0 Å². The summed E-state index contributed by atoms with van der Waals surface area (Å²) < 4.78 is 3.36. The first-order valence-corrected chi connectivity index (χ1v) is 11.5. The Labute approximate surface area is 190 Å². The highest BCUT2D eigenvalue weighted by atomic mass is 79.9. The second-order valence-corrected chi connectivity index (χ2v) is 9.07. The summed E-state index contributed by atoms with van der Waals surface area (Å²) in [5.41, 5.74) is 4.58. The van der Waals surface area contributed by atoms with E-state index in [0.717, 1.165) is 47.4 Å². The quantitative estimate of drug-likeness (QED) is 0.375. The van der Waals surface area contributed by atoms with E-state index in [2.05, 4.69) is 69.0 Å². The van der Waals surface area contributed by atoms with Crippen LogP contribution in [0.1, 0.15) is 29.3 Å². The molecule has 5 rings (SSSR count). The number of imidazole rings is 1. The van der Waals surface area contributed by atoms with E-state index in [9.17, 15) is 4.79 Å². The van der Waals surface area contributed by atoms with Crippen LogP contribution in [0, 0.1) is 0 Å². The lowest BCUT2D eigenvalue weighted by Crippen LogP contribution is -2.27. The smallest absolute Gasteiger partial charge is 0.223 e. The van der Waals surface area contributed by atoms with E-state index in [1.807, 2.05) is 35.2 Å². The highest BCUT2D eigenvalue weighted by molar-refractivity contribution is 9.10. The lowest BCUT2D eigenvalue weighted by atomic mass is 10.1. The zero-order chi connectivity index (χ0) is 21.2. The first-order chi connectivity index (χ1) is 15.2. The van der Waals surface area contributed by atoms with Gasteiger partial charge in [0, 0.05) is 36.4 Å². The van der Waals surface area contributed by atoms with Crippen molar-refractivity contribution in [2.75, 3.05) is 13.1 Å². The SMILES string of the molecule is O=C1CC(c2nc3ccccc3n2Cc2cccc(Br)c2)CN1CCc1ccccc1. The number of hydrogen-bond donors (Lipinski definition) is 0. The normalized spacial score (nSPS) is 16.4. The molecule has 0 N–H and O–H groups in total. The molecule has 1 aromatic heterocycles. The van der Waals surface area contributed by atoms with Crippen LogP contribution in [0.15, 0.2) is 83.3 Å². The highest BCUT2D eigenvalue weighted by Crippen LogP contribution is 2.31. The molecule has 1 unspecified atom stereocenters. The minimum absolute atomic E-state index is 0.114. The van der Waals surface area contributed by atoms with Crippen molar-refractivity contribution in [3.8, 4) is 0 Å². The van der Waals surface area contributed by atoms with Crippen LogP contribution in [0.25, 0.3) is 11.0 Å². The van der Waals surface area contributed by atoms with Crippen LogP contribution in [0.4, 0.5) is 0 Å². The Kier molecular flexibility index (Phi) is 5.60. The predicted molar refractivity (Wildman–Crippen MR) is 127 cm³/mol. The molecule has 1 amide bonds. The van der Waals surface area contributed by atoms with Crippen LogP contribution >= 0.6 is 15.9 Å². The number of nitrogens with zero attached hydrogens (tertiary/aromatic N) is 3. The van der Waals surface area contributed by atoms with Crippen molar-refractivity contribution in [1.82, 2.24) is 14.5 Å². The molecule has 1 saturated heterocycles. The lowest BCUT2D eigenvalue weighted by Gasteiger charge is -2.17. The topological polar surface area (TPSA) is 38.1 Å². The first-order valence-electron chi connectivity index (χ1n) is 10.7. The summed E-state index contributed by atoms with van der Waals surface area (Å²) in [6, 6.07) is 27.0. The van der Waals surface area contributed by atoms with Crippen LogP contribution in [0.3, 0.4) is 0 Å². The van der Waals surface area contributed by atoms with Gasteiger partial charge in [0.15, 0.2) is 0 Å². The van der Waals surface area contributed by atoms with Gasteiger partial charge in [0.05, 0.1) is 11.0 Å². The number of halogens is 1. The Balaban J connectivity index is 1.41. The Bertz CT molecular complexity index is 1220. The summed E-state index contributed by atoms with van der Waals surface area (Å²) in [4.78, 5) is 19.8. The van der Waals surface area contributed by atoms with E-state index in [0.29, 0.717) is 6.42 Å². The molecule has 0 radical (unpaired) electrons. The molecule has 1 aliphatic rings. The van der Waals surface area contributed by atoms with Crippen LogP contribution in [-0.4, -0.2) is 33.4 Å². The van der Waals surface area contributed by atoms with Gasteiger partial charge in [-0.3, -0.25) is 4.79 Å². The fourth-order valence-electron chi connectivity index (χ4n) is 4.46. The summed E-state index contributed by atoms with van der Waals surface area (Å²) in [7, 11) is 0. The lowest BCUT2D eigenvalue weighted by molar-refractivity contribution is -0.127. The third kappa shape index (κ3) is 4.28. The number of hydrogen-bond acceptors (Lipinski definition) is 2. The Morgan fingerprint density at radius 3 is 2.55 bits per heavy atom. The fraction of sp³-hybridized carbons (Fsp3) is 0.231. The van der Waals surface area contributed by atoms with Crippen LogP contribution in [0.2, 0.25) is 0 Å². The molecular weight excluding hydrogens is 450 g/mol. The van der Waals surface area contributed by atoms with E-state index in [1.165, 1.54) is 11.1 Å². The Morgan fingerprint density at radius 2 is 1.71 bits per heavy atom. The molecule has 156 valence electrons. The second-order valence-electron chi connectivity index (χ2n) is 8.15. The standard InChI is InChI=1S/C26H24BrN3O/c27-22-10-6-9-20(15-22)17-30-24-12-5-4-11-23(24)28-26(30)21-16-25(31)29(18-21)14-13-19-7-2-1-3-8-19/h1-12,15,21H,13-14,16-18H2. The van der Waals surface area contributed by atoms with Crippen molar-refractivity contribution in [2.24, 2.45) is 0 Å². The molecule has 2 heterocycles. The van der Waals surface area contributed by atoms with Crippen molar-refractivity contribution < 1.29 is 4.79 Å². The highest BCUT2D eigenvalue weighted by Gasteiger charge is 2.33. The molecule has 4 aromatic rings. The average molecular weight is 474 g/mol. The van der Waals surface area contributed by atoms with E-state index < -0.39 is 0 Å². The van der Waals surface area contributed by atoms with Gasteiger partial charge < -0.3 is 9.47 Å². The molecule has 0 saturated carbocycles. The molecule has 0 spiro atoms. The van der Waals surface area contributed by atoms with Gasteiger partial charge in [0.25, 0.3) is 0 Å². The molecule has 31 heavy (non-hydrogen) atoms. The van der Waals surface area contributed by atoms with Crippen LogP contribution < -0.4 is 0 Å². The van der Waals surface area contributed by atoms with Crippen molar-refractivity contribution in [2.45, 2.75) is 25.3 Å². The number of carbonyl (C=O) groups excluding carboxylic acids is 1. The fourth-order valence-corrected chi connectivity index (χ4v) is 4.91. The average Bonchev–Trinajstić information content (AvgIpc) is 3.33. The number of likely N-dealkylation sites (tertiary alicyclic amines) is 1. The summed E-state index contributed by atoms with van der Waals surface area (Å²) in [5, 5.41) is 0. The molecular formula is C26H24BrN3O. The number of fused-ring (bicyclic) bond motifs is 1. The largest absolute Gasteiger partial charge is 0.342 e. The van der Waals surface area contributed by atoms with E-state index in [-0.39, 0.29) is 11.8 Å². The molecule has 4 nitrogen and oxygen atoms in total. The Hall–Kier alpha value is -2.92. The third-order valence-electron chi connectivity index (χ3n) is 6.01. The molecule has 0 aliphatic carbocycles. The maximum absolute atomic E-state index is 12.8. The van der Waals surface area contributed by atoms with Gasteiger partial charge in [-0.15, -0.1) is 0 Å². The molecule has 1 atom stereocenters. The zero-order valence-electron chi connectivity index (χ0n) is 17.2. The van der Waals surface area contributed by atoms with Crippen LogP contribution in [0.5, 0.6) is 0 Å². The second kappa shape index (κ2) is 8.67. The zero-order valence-corrected chi connectivity index (χ0v) is 18.8. The van der Waals surface area contributed by atoms with Crippen molar-refractivity contribution in [3.63, 3.8) is 0 Å². The molecule has 1 fully saturated rings. The van der Waals surface area contributed by atoms with Crippen molar-refractivity contribution >= 4 is 32.9 Å². The molecule has 1 aliphatic heterocycles. The summed E-state index contributed by atoms with van der Waals surface area (Å²) in [6.07, 6.45) is 1.41. The van der Waals surface area contributed by atoms with Gasteiger partial charge in [-0.25, -0.2) is 4.98 Å². The molecule has 0 bridgehead atoms. The number of amides is 1. The van der Waals surface area contributed by atoms with E-state index in [4.69, 9.17) is 4.98 Å². The maximum atomic E-state index is 12.8. The van der Waals surface area contributed by atoms with E-state index in [1.54, 1.807) is 0 Å². The number of aromatic nitrogens is 2. The summed E-state index contributed by atoms with van der Waals surface area (Å²) >= 11 is 3.58. The van der Waals surface area contributed by atoms with Gasteiger partial charge >= 0.3 is 0 Å². The number of rotatable bonds is 6. The number of para-hydroxylation sites is 2. The van der Waals surface area contributed by atoms with Gasteiger partial charge in [-0.05, 0) is 41.8 Å². The minimum Gasteiger partial charge on any atom is -0.342 e. The minimum atomic E-state index is 0.114. The summed E-state index contributed by atoms with van der Waals surface area (Å²) in [5.74, 6) is 1.35. The first kappa shape index (κ1) is 20.0. The summed E-state index contributed by atoms with van der Waals surface area (Å²) in [6.45, 7) is 2.22. The van der Waals surface area contributed by atoms with E-state index >= 15 is 0 Å². The Morgan fingerprint density at radius 1 is 0.935 bits per heavy atom. The number of carbonyl (C=O) groups is 1. The molecule has 5 heteroatoms. The maximum Gasteiger partial charge on any atom is 0.223 e. The van der Waals surface area contributed by atoms with Gasteiger partial charge in [0.2, 0.25) is 5.91 Å². The molecule has 3 aromatic carbocycles. The van der Waals surface area contributed by atoms with Gasteiger partial charge in [0.1, 0.15) is 5.82 Å². The van der Waals surface area contributed by atoms with Crippen molar-refractivity contribution in [1.29, 1.82) is 0 Å². The third-order valence-corrected chi connectivity index (χ3v) is 6.50. The number of benzene rings is 3. The van der Waals surface area contributed by atoms with Crippen molar-refractivity contribution in [3.05, 3.63) is 100 Å².